The van der Waals surface area contributed by atoms with Crippen molar-refractivity contribution in [3.8, 4) is 0 Å². The average molecular weight is 458 g/mol. The van der Waals surface area contributed by atoms with Crippen molar-refractivity contribution in [3.63, 3.8) is 0 Å². The predicted octanol–water partition coefficient (Wildman–Crippen LogP) is 2.60. The molecule has 32 heavy (non-hydrogen) atoms. The normalized spacial score (nSPS) is 20.9. The maximum absolute atomic E-state index is 13.5. The van der Waals surface area contributed by atoms with E-state index in [4.69, 9.17) is 0 Å². The van der Waals surface area contributed by atoms with Gasteiger partial charge in [0.05, 0.1) is 12.9 Å². The molecule has 2 aromatic rings. The van der Waals surface area contributed by atoms with Gasteiger partial charge in [-0.15, -0.1) is 11.3 Å². The van der Waals surface area contributed by atoms with Crippen molar-refractivity contribution >= 4 is 29.1 Å². The lowest BCUT2D eigenvalue weighted by Gasteiger charge is -2.44. The Balaban J connectivity index is 1.53. The summed E-state index contributed by atoms with van der Waals surface area (Å²) in [7, 11) is 0. The summed E-state index contributed by atoms with van der Waals surface area (Å²) < 4.78 is 1.66. The van der Waals surface area contributed by atoms with Gasteiger partial charge in [0.15, 0.2) is 5.69 Å². The highest BCUT2D eigenvalue weighted by Crippen LogP contribution is 2.30. The van der Waals surface area contributed by atoms with Crippen LogP contribution in [0.4, 0.5) is 0 Å². The molecule has 9 heteroatoms. The number of nitrogens with zero attached hydrogens (tertiary/aromatic N) is 3. The van der Waals surface area contributed by atoms with Crippen LogP contribution < -0.4 is 10.6 Å². The monoisotopic (exact) mass is 457 g/mol. The molecule has 0 spiro atoms. The van der Waals surface area contributed by atoms with E-state index < -0.39 is 5.54 Å². The maximum Gasteiger partial charge on any atom is 0.273 e. The molecule has 2 aliphatic rings. The number of carbonyl (C=O) groups is 3. The molecule has 1 aliphatic heterocycles. The highest BCUT2D eigenvalue weighted by Gasteiger charge is 2.48. The molecule has 1 saturated carbocycles. The van der Waals surface area contributed by atoms with E-state index in [1.807, 2.05) is 31.4 Å². The molecular formula is C23H31N5O3S. The molecule has 8 nitrogen and oxygen atoms in total. The largest absolute Gasteiger partial charge is 0.351 e. The van der Waals surface area contributed by atoms with Crippen molar-refractivity contribution in [1.82, 2.24) is 25.1 Å². The molecule has 1 fully saturated rings. The molecular weight excluding hydrogens is 426 g/mol. The standard InChI is InChI=1S/C23H31N5O3S/c1-3-12-28-21(30)19-18(20(29)24-11-10-17-9-6-13-32-17)25-15-27(19)14-23(28,2)22(31)26-16-7-4-5-8-16/h6,9,13,15-16H,3-5,7-8,10-12,14H2,1-2H3,(H,24,29)(H,26,31)/t23-/m0/s1. The van der Waals surface area contributed by atoms with Gasteiger partial charge in [-0.1, -0.05) is 25.8 Å². The van der Waals surface area contributed by atoms with Crippen molar-refractivity contribution in [1.29, 1.82) is 0 Å². The third kappa shape index (κ3) is 4.30. The predicted molar refractivity (Wildman–Crippen MR) is 123 cm³/mol. The van der Waals surface area contributed by atoms with Crippen molar-refractivity contribution < 1.29 is 14.4 Å². The van der Waals surface area contributed by atoms with Crippen molar-refractivity contribution in [2.24, 2.45) is 0 Å². The van der Waals surface area contributed by atoms with Gasteiger partial charge in [-0.05, 0) is 44.1 Å². The summed E-state index contributed by atoms with van der Waals surface area (Å²) in [5, 5.41) is 8.03. The van der Waals surface area contributed by atoms with Crippen LogP contribution >= 0.6 is 11.3 Å². The summed E-state index contributed by atoms with van der Waals surface area (Å²) >= 11 is 1.64. The quantitative estimate of drug-likeness (QED) is 0.637. The van der Waals surface area contributed by atoms with Crippen molar-refractivity contribution in [2.45, 2.75) is 70.5 Å². The van der Waals surface area contributed by atoms with Crippen LogP contribution in [0.2, 0.25) is 0 Å². The van der Waals surface area contributed by atoms with Crippen LogP contribution in [0.5, 0.6) is 0 Å². The molecule has 1 aliphatic carbocycles. The van der Waals surface area contributed by atoms with Crippen LogP contribution in [0, 0.1) is 0 Å². The summed E-state index contributed by atoms with van der Waals surface area (Å²) in [6.45, 7) is 4.99. The summed E-state index contributed by atoms with van der Waals surface area (Å²) in [5.74, 6) is -0.810. The summed E-state index contributed by atoms with van der Waals surface area (Å²) in [6, 6.07) is 4.18. The van der Waals surface area contributed by atoms with Gasteiger partial charge < -0.3 is 20.1 Å². The van der Waals surface area contributed by atoms with Gasteiger partial charge in [0.25, 0.3) is 11.8 Å². The zero-order valence-electron chi connectivity index (χ0n) is 18.7. The minimum absolute atomic E-state index is 0.125. The third-order valence-electron chi connectivity index (χ3n) is 6.44. The van der Waals surface area contributed by atoms with E-state index in [0.717, 1.165) is 32.1 Å². The van der Waals surface area contributed by atoms with Crippen molar-refractivity contribution in [3.05, 3.63) is 40.1 Å². The number of nitrogens with one attached hydrogen (secondary N) is 2. The molecule has 0 unspecified atom stereocenters. The average Bonchev–Trinajstić information content (AvgIpc) is 3.53. The zero-order chi connectivity index (χ0) is 22.7. The molecule has 0 saturated heterocycles. The lowest BCUT2D eigenvalue weighted by Crippen LogP contribution is -2.65. The first kappa shape index (κ1) is 22.5. The van der Waals surface area contributed by atoms with Crippen molar-refractivity contribution in [2.75, 3.05) is 13.1 Å². The van der Waals surface area contributed by atoms with Crippen LogP contribution in [0.15, 0.2) is 23.8 Å². The van der Waals surface area contributed by atoms with Gasteiger partial charge in [0.1, 0.15) is 11.2 Å². The lowest BCUT2D eigenvalue weighted by atomic mass is 9.93. The Morgan fingerprint density at radius 3 is 2.78 bits per heavy atom. The fourth-order valence-electron chi connectivity index (χ4n) is 4.68. The minimum atomic E-state index is -1.02. The smallest absolute Gasteiger partial charge is 0.273 e. The van der Waals surface area contributed by atoms with Gasteiger partial charge in [-0.2, -0.15) is 0 Å². The van der Waals surface area contributed by atoms with Crippen LogP contribution in [0.1, 0.15) is 71.8 Å². The second-order valence-corrected chi connectivity index (χ2v) is 9.87. The maximum atomic E-state index is 13.5. The molecule has 4 rings (SSSR count). The SMILES string of the molecule is CCCN1C(=O)c2c(C(=O)NCCc3cccs3)ncn2C[C@@]1(C)C(=O)NC1CCCC1. The molecule has 3 heterocycles. The second-order valence-electron chi connectivity index (χ2n) is 8.84. The highest BCUT2D eigenvalue weighted by atomic mass is 32.1. The highest BCUT2D eigenvalue weighted by molar-refractivity contribution is 7.09. The fraction of sp³-hybridized carbons (Fsp3) is 0.565. The van der Waals surface area contributed by atoms with Crippen LogP contribution in [-0.4, -0.2) is 56.8 Å². The van der Waals surface area contributed by atoms with E-state index in [1.165, 1.54) is 11.2 Å². The van der Waals surface area contributed by atoms with E-state index in [1.54, 1.807) is 20.8 Å². The molecule has 2 aromatic heterocycles. The molecule has 1 atom stereocenters. The van der Waals surface area contributed by atoms with E-state index in [9.17, 15) is 14.4 Å². The Labute approximate surface area is 192 Å². The third-order valence-corrected chi connectivity index (χ3v) is 7.37. The van der Waals surface area contributed by atoms with E-state index >= 15 is 0 Å². The van der Waals surface area contributed by atoms with Crippen LogP contribution in [0.3, 0.4) is 0 Å². The number of amides is 3. The van der Waals surface area contributed by atoms with Gasteiger partial charge >= 0.3 is 0 Å². The van der Waals surface area contributed by atoms with Gasteiger partial charge in [0, 0.05) is 24.0 Å². The fourth-order valence-corrected chi connectivity index (χ4v) is 5.39. The van der Waals surface area contributed by atoms with E-state index in [-0.39, 0.29) is 41.7 Å². The van der Waals surface area contributed by atoms with Gasteiger partial charge in [0.2, 0.25) is 5.91 Å². The van der Waals surface area contributed by atoms with E-state index in [2.05, 4.69) is 15.6 Å². The summed E-state index contributed by atoms with van der Waals surface area (Å²) in [5.41, 5.74) is -0.630. The molecule has 172 valence electrons. The molecule has 0 aromatic carbocycles. The molecule has 2 N–H and O–H groups in total. The number of thiophene rings is 1. The first-order chi connectivity index (χ1) is 15.4. The number of fused-ring (bicyclic) bond motifs is 1. The van der Waals surface area contributed by atoms with Gasteiger partial charge in [-0.25, -0.2) is 4.98 Å². The number of aromatic nitrogens is 2. The Morgan fingerprint density at radius 2 is 2.09 bits per heavy atom. The molecule has 3 amide bonds. The summed E-state index contributed by atoms with van der Waals surface area (Å²) in [4.78, 5) is 46.7. The minimum Gasteiger partial charge on any atom is -0.351 e. The Morgan fingerprint density at radius 1 is 1.31 bits per heavy atom. The number of imidazole rings is 1. The van der Waals surface area contributed by atoms with Crippen LogP contribution in [-0.2, 0) is 17.8 Å². The molecule has 0 bridgehead atoms. The van der Waals surface area contributed by atoms with Crippen LogP contribution in [0.25, 0.3) is 0 Å². The zero-order valence-corrected chi connectivity index (χ0v) is 19.5. The first-order valence-electron chi connectivity index (χ1n) is 11.4. The number of hydrogen-bond acceptors (Lipinski definition) is 5. The Kier molecular flexibility index (Phi) is 6.64. The lowest BCUT2D eigenvalue weighted by molar-refractivity contribution is -0.133. The van der Waals surface area contributed by atoms with Gasteiger partial charge in [-0.3, -0.25) is 14.4 Å². The number of hydrogen-bond donors (Lipinski definition) is 2. The second kappa shape index (κ2) is 9.44. The number of carbonyl (C=O) groups excluding carboxylic acids is 3. The Bertz CT molecular complexity index is 980. The molecule has 0 radical (unpaired) electrons. The first-order valence-corrected chi connectivity index (χ1v) is 12.3. The Hall–Kier alpha value is -2.68. The van der Waals surface area contributed by atoms with E-state index in [0.29, 0.717) is 19.5 Å². The number of rotatable bonds is 8. The topological polar surface area (TPSA) is 96.3 Å². The summed E-state index contributed by atoms with van der Waals surface area (Å²) in [6.07, 6.45) is 7.16.